The number of pyridine rings is 1. The topological polar surface area (TPSA) is 33.4 Å². The van der Waals surface area contributed by atoms with Crippen molar-refractivity contribution < 1.29 is 0 Å². The summed E-state index contributed by atoms with van der Waals surface area (Å²) in [5.41, 5.74) is 0.912. The zero-order valence-corrected chi connectivity index (χ0v) is 11.4. The lowest BCUT2D eigenvalue weighted by atomic mass is 10.1. The summed E-state index contributed by atoms with van der Waals surface area (Å²) in [6.45, 7) is 1.20. The summed E-state index contributed by atoms with van der Waals surface area (Å²) in [5, 5.41) is 4.51. The number of halogens is 1. The van der Waals surface area contributed by atoms with Crippen LogP contribution in [-0.2, 0) is 6.42 Å². The third-order valence-corrected chi connectivity index (χ3v) is 3.93. The molecule has 1 saturated heterocycles. The summed E-state index contributed by atoms with van der Waals surface area (Å²) < 4.78 is 2.89. The van der Waals surface area contributed by atoms with Crippen molar-refractivity contribution in [1.29, 1.82) is 0 Å². The molecule has 1 aliphatic rings. The van der Waals surface area contributed by atoms with E-state index in [1.165, 1.54) is 19.4 Å². The molecule has 17 heavy (non-hydrogen) atoms. The Balaban J connectivity index is 1.85. The lowest BCUT2D eigenvalue weighted by Crippen LogP contribution is -2.27. The first-order valence-electron chi connectivity index (χ1n) is 5.93. The van der Waals surface area contributed by atoms with Crippen molar-refractivity contribution in [3.63, 3.8) is 0 Å². The molecule has 0 aromatic carbocycles. The van der Waals surface area contributed by atoms with Crippen molar-refractivity contribution in [2.75, 3.05) is 13.6 Å². The van der Waals surface area contributed by atoms with Crippen LogP contribution in [0.25, 0.3) is 5.65 Å². The van der Waals surface area contributed by atoms with E-state index in [4.69, 9.17) is 0 Å². The van der Waals surface area contributed by atoms with Crippen molar-refractivity contribution >= 4 is 21.6 Å². The Hall–Kier alpha value is -0.940. The second-order valence-corrected chi connectivity index (χ2v) is 5.57. The predicted molar refractivity (Wildman–Crippen MR) is 70.0 cm³/mol. The van der Waals surface area contributed by atoms with Gasteiger partial charge in [-0.15, -0.1) is 0 Å². The lowest BCUT2D eigenvalue weighted by molar-refractivity contribution is 0.306. The molecular formula is C12H15BrN4. The van der Waals surface area contributed by atoms with Crippen molar-refractivity contribution in [3.8, 4) is 0 Å². The fourth-order valence-electron chi connectivity index (χ4n) is 2.44. The molecule has 4 nitrogen and oxygen atoms in total. The maximum Gasteiger partial charge on any atom is 0.156 e. The van der Waals surface area contributed by atoms with Gasteiger partial charge in [0.25, 0.3) is 0 Å². The highest BCUT2D eigenvalue weighted by molar-refractivity contribution is 9.10. The molecule has 1 unspecified atom stereocenters. The number of hydrogen-bond donors (Lipinski definition) is 0. The monoisotopic (exact) mass is 294 g/mol. The summed E-state index contributed by atoms with van der Waals surface area (Å²) in [7, 11) is 2.18. The summed E-state index contributed by atoms with van der Waals surface area (Å²) in [6.07, 6.45) is 5.44. The van der Waals surface area contributed by atoms with E-state index in [0.717, 1.165) is 22.4 Å². The molecule has 90 valence electrons. The molecular weight excluding hydrogens is 280 g/mol. The van der Waals surface area contributed by atoms with Gasteiger partial charge < -0.3 is 4.90 Å². The number of hydrogen-bond acceptors (Lipinski definition) is 3. The molecule has 0 radical (unpaired) electrons. The standard InChI is InChI=1S/C12H15BrN4/c1-16-5-2-3-10(16)8-11-14-12-7-9(13)4-6-17(12)15-11/h4,6-7,10H,2-3,5,8H2,1H3. The fraction of sp³-hybridized carbons (Fsp3) is 0.500. The minimum absolute atomic E-state index is 0.607. The largest absolute Gasteiger partial charge is 0.303 e. The number of nitrogens with zero attached hydrogens (tertiary/aromatic N) is 4. The first-order valence-corrected chi connectivity index (χ1v) is 6.73. The van der Waals surface area contributed by atoms with Crippen LogP contribution in [0.2, 0.25) is 0 Å². The number of likely N-dealkylation sites (tertiary alicyclic amines) is 1. The van der Waals surface area contributed by atoms with E-state index in [2.05, 4.69) is 38.0 Å². The molecule has 0 aliphatic carbocycles. The second kappa shape index (κ2) is 4.38. The molecule has 0 amide bonds. The van der Waals surface area contributed by atoms with Crippen LogP contribution in [0.15, 0.2) is 22.8 Å². The first kappa shape index (κ1) is 11.2. The number of fused-ring (bicyclic) bond motifs is 1. The van der Waals surface area contributed by atoms with Gasteiger partial charge in [-0.3, -0.25) is 0 Å². The van der Waals surface area contributed by atoms with Crippen LogP contribution in [0, 0.1) is 0 Å². The summed E-state index contributed by atoms with van der Waals surface area (Å²) in [5.74, 6) is 0.946. The quantitative estimate of drug-likeness (QED) is 0.851. The lowest BCUT2D eigenvalue weighted by Gasteiger charge is -2.17. The molecule has 0 spiro atoms. The number of rotatable bonds is 2. The third-order valence-electron chi connectivity index (χ3n) is 3.43. The van der Waals surface area contributed by atoms with Crippen molar-refractivity contribution in [1.82, 2.24) is 19.5 Å². The Morgan fingerprint density at radius 2 is 2.41 bits per heavy atom. The molecule has 0 bridgehead atoms. The van der Waals surface area contributed by atoms with Crippen LogP contribution in [0.5, 0.6) is 0 Å². The minimum Gasteiger partial charge on any atom is -0.303 e. The van der Waals surface area contributed by atoms with E-state index in [1.807, 2.05) is 22.8 Å². The molecule has 3 rings (SSSR count). The molecule has 2 aromatic heterocycles. The zero-order chi connectivity index (χ0) is 11.8. The zero-order valence-electron chi connectivity index (χ0n) is 9.80. The minimum atomic E-state index is 0.607. The van der Waals surface area contributed by atoms with E-state index >= 15 is 0 Å². The van der Waals surface area contributed by atoms with Gasteiger partial charge in [-0.1, -0.05) is 15.9 Å². The maximum atomic E-state index is 4.57. The SMILES string of the molecule is CN1CCCC1Cc1nc2cc(Br)ccn2n1. The summed E-state index contributed by atoms with van der Waals surface area (Å²) in [4.78, 5) is 6.97. The second-order valence-electron chi connectivity index (χ2n) is 4.66. The number of likely N-dealkylation sites (N-methyl/N-ethyl adjacent to an activating group) is 1. The third kappa shape index (κ3) is 2.21. The number of aromatic nitrogens is 3. The van der Waals surface area contributed by atoms with Crippen LogP contribution < -0.4 is 0 Å². The average Bonchev–Trinajstić information content (AvgIpc) is 2.85. The van der Waals surface area contributed by atoms with Gasteiger partial charge in [-0.05, 0) is 38.6 Å². The first-order chi connectivity index (χ1) is 8.22. The predicted octanol–water partition coefficient (Wildman–Crippen LogP) is 2.13. The average molecular weight is 295 g/mol. The Morgan fingerprint density at radius 1 is 1.53 bits per heavy atom. The van der Waals surface area contributed by atoms with Gasteiger partial charge >= 0.3 is 0 Å². The Bertz CT molecular complexity index is 536. The smallest absolute Gasteiger partial charge is 0.156 e. The van der Waals surface area contributed by atoms with E-state index in [-0.39, 0.29) is 0 Å². The summed E-state index contributed by atoms with van der Waals surface area (Å²) in [6, 6.07) is 4.58. The Labute approximate surface area is 109 Å². The van der Waals surface area contributed by atoms with Gasteiger partial charge in [0.05, 0.1) is 0 Å². The van der Waals surface area contributed by atoms with Gasteiger partial charge in [-0.2, -0.15) is 5.10 Å². The van der Waals surface area contributed by atoms with Crippen LogP contribution in [0.4, 0.5) is 0 Å². The van der Waals surface area contributed by atoms with E-state index in [9.17, 15) is 0 Å². The van der Waals surface area contributed by atoms with Gasteiger partial charge in [0.2, 0.25) is 0 Å². The molecule has 1 fully saturated rings. The molecule has 5 heteroatoms. The van der Waals surface area contributed by atoms with Crippen molar-refractivity contribution in [2.24, 2.45) is 0 Å². The van der Waals surface area contributed by atoms with E-state index in [1.54, 1.807) is 0 Å². The normalized spacial score (nSPS) is 21.4. The fourth-order valence-corrected chi connectivity index (χ4v) is 2.76. The highest BCUT2D eigenvalue weighted by Crippen LogP contribution is 2.18. The molecule has 3 heterocycles. The van der Waals surface area contributed by atoms with Crippen LogP contribution in [-0.4, -0.2) is 39.1 Å². The maximum absolute atomic E-state index is 4.57. The van der Waals surface area contributed by atoms with Gasteiger partial charge in [0.1, 0.15) is 0 Å². The van der Waals surface area contributed by atoms with Gasteiger partial charge in [0.15, 0.2) is 11.5 Å². The summed E-state index contributed by atoms with van der Waals surface area (Å²) >= 11 is 3.45. The highest BCUT2D eigenvalue weighted by atomic mass is 79.9. The van der Waals surface area contributed by atoms with Crippen LogP contribution in [0.1, 0.15) is 18.7 Å². The molecule has 0 saturated carbocycles. The molecule has 2 aromatic rings. The van der Waals surface area contributed by atoms with Crippen molar-refractivity contribution in [3.05, 3.63) is 28.6 Å². The highest BCUT2D eigenvalue weighted by Gasteiger charge is 2.22. The van der Waals surface area contributed by atoms with E-state index in [0.29, 0.717) is 6.04 Å². The van der Waals surface area contributed by atoms with Gasteiger partial charge in [0, 0.05) is 23.1 Å². The molecule has 0 N–H and O–H groups in total. The van der Waals surface area contributed by atoms with Crippen LogP contribution in [0.3, 0.4) is 0 Å². The van der Waals surface area contributed by atoms with Crippen LogP contribution >= 0.6 is 15.9 Å². The van der Waals surface area contributed by atoms with Crippen molar-refractivity contribution in [2.45, 2.75) is 25.3 Å². The van der Waals surface area contributed by atoms with Gasteiger partial charge in [-0.25, -0.2) is 9.50 Å². The molecule has 1 aliphatic heterocycles. The Morgan fingerprint density at radius 3 is 3.18 bits per heavy atom. The Kier molecular flexibility index (Phi) is 2.88. The molecule has 1 atom stereocenters. The van der Waals surface area contributed by atoms with E-state index < -0.39 is 0 Å².